The summed E-state index contributed by atoms with van der Waals surface area (Å²) >= 11 is 0. The highest BCUT2D eigenvalue weighted by molar-refractivity contribution is 5.64. The molecule has 1 N–H and O–H groups in total. The van der Waals surface area contributed by atoms with Gasteiger partial charge < -0.3 is 10.0 Å². The molecule has 14 heavy (non-hydrogen) atoms. The quantitative estimate of drug-likeness (QED) is 0.535. The Morgan fingerprint density at radius 2 is 2.07 bits per heavy atom. The standard InChI is InChI=1S/C8H12N2O4/c11-8(12)9-4-1-7(2-5-9)3-6-10(13)14/h3,6-7H,1-2,4-5H2,(H,11,12)/b6-3+. The maximum absolute atomic E-state index is 10.5. The van der Waals surface area contributed by atoms with Crippen molar-refractivity contribution in [3.8, 4) is 0 Å². The van der Waals surface area contributed by atoms with Crippen molar-refractivity contribution in [1.29, 1.82) is 0 Å². The van der Waals surface area contributed by atoms with Crippen molar-refractivity contribution in [3.05, 3.63) is 22.4 Å². The van der Waals surface area contributed by atoms with Crippen molar-refractivity contribution < 1.29 is 14.8 Å². The predicted octanol–water partition coefficient (Wildman–Crippen LogP) is 1.17. The molecule has 0 unspecified atom stereocenters. The molecule has 1 fully saturated rings. The van der Waals surface area contributed by atoms with Gasteiger partial charge in [-0.1, -0.05) is 0 Å². The summed E-state index contributed by atoms with van der Waals surface area (Å²) in [4.78, 5) is 21.4. The first-order valence-electron chi connectivity index (χ1n) is 4.39. The third-order valence-electron chi connectivity index (χ3n) is 2.29. The minimum absolute atomic E-state index is 0.135. The molecule has 1 amide bonds. The summed E-state index contributed by atoms with van der Waals surface area (Å²) < 4.78 is 0. The van der Waals surface area contributed by atoms with E-state index in [-0.39, 0.29) is 5.92 Å². The molecular weight excluding hydrogens is 188 g/mol. The molecule has 0 aromatic carbocycles. The molecule has 0 aliphatic carbocycles. The molecule has 0 radical (unpaired) electrons. The monoisotopic (exact) mass is 200 g/mol. The smallest absolute Gasteiger partial charge is 0.407 e. The number of hydrogen-bond acceptors (Lipinski definition) is 3. The van der Waals surface area contributed by atoms with Gasteiger partial charge in [-0.2, -0.15) is 0 Å². The molecule has 0 spiro atoms. The second kappa shape index (κ2) is 4.59. The average Bonchev–Trinajstić information content (AvgIpc) is 2.15. The molecule has 6 nitrogen and oxygen atoms in total. The van der Waals surface area contributed by atoms with Crippen molar-refractivity contribution >= 4 is 6.09 Å². The number of hydrogen-bond donors (Lipinski definition) is 1. The molecule has 78 valence electrons. The highest BCUT2D eigenvalue weighted by atomic mass is 16.6. The van der Waals surface area contributed by atoms with Gasteiger partial charge in [-0.25, -0.2) is 4.79 Å². The summed E-state index contributed by atoms with van der Waals surface area (Å²) in [6.45, 7) is 0.921. The summed E-state index contributed by atoms with van der Waals surface area (Å²) in [6.07, 6.45) is 2.88. The summed E-state index contributed by atoms with van der Waals surface area (Å²) in [5.41, 5.74) is 0. The third-order valence-corrected chi connectivity index (χ3v) is 2.29. The van der Waals surface area contributed by atoms with Crippen LogP contribution in [0.1, 0.15) is 12.8 Å². The van der Waals surface area contributed by atoms with Crippen molar-refractivity contribution in [2.24, 2.45) is 5.92 Å². The fourth-order valence-corrected chi connectivity index (χ4v) is 1.48. The van der Waals surface area contributed by atoms with E-state index >= 15 is 0 Å². The van der Waals surface area contributed by atoms with Gasteiger partial charge in [0.1, 0.15) is 0 Å². The van der Waals surface area contributed by atoms with Gasteiger partial charge in [0.2, 0.25) is 6.20 Å². The summed E-state index contributed by atoms with van der Waals surface area (Å²) in [5, 5.41) is 18.7. The zero-order chi connectivity index (χ0) is 10.6. The average molecular weight is 200 g/mol. The van der Waals surface area contributed by atoms with E-state index in [1.165, 1.54) is 4.90 Å². The van der Waals surface area contributed by atoms with Gasteiger partial charge in [-0.3, -0.25) is 10.1 Å². The van der Waals surface area contributed by atoms with E-state index in [1.54, 1.807) is 6.08 Å². The van der Waals surface area contributed by atoms with Crippen LogP contribution in [0, 0.1) is 16.0 Å². The van der Waals surface area contributed by atoms with Crippen LogP contribution in [0.5, 0.6) is 0 Å². The topological polar surface area (TPSA) is 83.7 Å². The highest BCUT2D eigenvalue weighted by Crippen LogP contribution is 2.18. The van der Waals surface area contributed by atoms with Crippen molar-refractivity contribution in [2.75, 3.05) is 13.1 Å². The number of amides is 1. The van der Waals surface area contributed by atoms with E-state index in [2.05, 4.69) is 0 Å². The van der Waals surface area contributed by atoms with Crippen LogP contribution in [0.4, 0.5) is 4.79 Å². The molecule has 1 heterocycles. The second-order valence-corrected chi connectivity index (χ2v) is 3.23. The minimum atomic E-state index is -0.915. The van der Waals surface area contributed by atoms with Gasteiger partial charge in [0, 0.05) is 13.1 Å². The van der Waals surface area contributed by atoms with Crippen molar-refractivity contribution in [1.82, 2.24) is 4.90 Å². The van der Waals surface area contributed by atoms with E-state index in [9.17, 15) is 14.9 Å². The Morgan fingerprint density at radius 3 is 2.50 bits per heavy atom. The lowest BCUT2D eigenvalue weighted by Crippen LogP contribution is -2.37. The van der Waals surface area contributed by atoms with Crippen molar-refractivity contribution in [2.45, 2.75) is 12.8 Å². The van der Waals surface area contributed by atoms with Crippen LogP contribution in [-0.2, 0) is 0 Å². The van der Waals surface area contributed by atoms with Gasteiger partial charge in [0.05, 0.1) is 4.92 Å². The molecule has 0 atom stereocenters. The van der Waals surface area contributed by atoms with Gasteiger partial charge in [0.15, 0.2) is 0 Å². The van der Waals surface area contributed by atoms with Crippen LogP contribution in [0.25, 0.3) is 0 Å². The first-order chi connectivity index (χ1) is 6.59. The van der Waals surface area contributed by atoms with Crippen LogP contribution in [0.15, 0.2) is 12.3 Å². The second-order valence-electron chi connectivity index (χ2n) is 3.23. The van der Waals surface area contributed by atoms with Crippen LogP contribution in [-0.4, -0.2) is 34.1 Å². The Labute approximate surface area is 81.0 Å². The number of nitro groups is 1. The molecular formula is C8H12N2O4. The number of rotatable bonds is 2. The number of nitrogens with zero attached hydrogens (tertiary/aromatic N) is 2. The van der Waals surface area contributed by atoms with Crippen LogP contribution >= 0.6 is 0 Å². The Kier molecular flexibility index (Phi) is 3.44. The van der Waals surface area contributed by atoms with E-state index in [0.29, 0.717) is 25.9 Å². The maximum Gasteiger partial charge on any atom is 0.407 e. The summed E-state index contributed by atoms with van der Waals surface area (Å²) in [7, 11) is 0. The first kappa shape index (κ1) is 10.5. The molecule has 0 saturated carbocycles. The first-order valence-corrected chi connectivity index (χ1v) is 4.39. The third kappa shape index (κ3) is 3.04. The fraction of sp³-hybridized carbons (Fsp3) is 0.625. The molecule has 0 aromatic rings. The molecule has 0 aromatic heterocycles. The Morgan fingerprint density at radius 1 is 1.50 bits per heavy atom. The lowest BCUT2D eigenvalue weighted by molar-refractivity contribution is -0.402. The number of carbonyl (C=O) groups is 1. The number of allylic oxidation sites excluding steroid dienone is 1. The fourth-order valence-electron chi connectivity index (χ4n) is 1.48. The lowest BCUT2D eigenvalue weighted by Gasteiger charge is -2.27. The van der Waals surface area contributed by atoms with Gasteiger partial charge in [0.25, 0.3) is 0 Å². The summed E-state index contributed by atoms with van der Waals surface area (Å²) in [5.74, 6) is 0.135. The largest absolute Gasteiger partial charge is 0.465 e. The number of carboxylic acid groups (broad SMARTS) is 1. The number of piperidine rings is 1. The molecule has 1 rings (SSSR count). The zero-order valence-electron chi connectivity index (χ0n) is 7.63. The minimum Gasteiger partial charge on any atom is -0.465 e. The van der Waals surface area contributed by atoms with Gasteiger partial charge in [-0.15, -0.1) is 0 Å². The van der Waals surface area contributed by atoms with Gasteiger partial charge in [-0.05, 0) is 24.8 Å². The molecule has 6 heteroatoms. The van der Waals surface area contributed by atoms with Crippen LogP contribution < -0.4 is 0 Å². The number of likely N-dealkylation sites (tertiary alicyclic amines) is 1. The van der Waals surface area contributed by atoms with E-state index in [0.717, 1.165) is 6.20 Å². The normalized spacial score (nSPS) is 18.7. The highest BCUT2D eigenvalue weighted by Gasteiger charge is 2.20. The zero-order valence-corrected chi connectivity index (χ0v) is 7.63. The van der Waals surface area contributed by atoms with E-state index < -0.39 is 11.0 Å². The molecule has 1 aliphatic heterocycles. The van der Waals surface area contributed by atoms with E-state index in [4.69, 9.17) is 5.11 Å². The molecule has 1 saturated heterocycles. The summed E-state index contributed by atoms with van der Waals surface area (Å²) in [6, 6.07) is 0. The molecule has 0 bridgehead atoms. The SMILES string of the molecule is O=C(O)N1CCC(/C=C/[N+](=O)[O-])CC1. The Balaban J connectivity index is 2.36. The molecule has 1 aliphatic rings. The predicted molar refractivity (Wildman–Crippen MR) is 48.5 cm³/mol. The van der Waals surface area contributed by atoms with E-state index in [1.807, 2.05) is 0 Å². The maximum atomic E-state index is 10.5. The Hall–Kier alpha value is -1.59. The Bertz CT molecular complexity index is 256. The lowest BCUT2D eigenvalue weighted by atomic mass is 9.97. The van der Waals surface area contributed by atoms with Crippen molar-refractivity contribution in [3.63, 3.8) is 0 Å². The van der Waals surface area contributed by atoms with Gasteiger partial charge >= 0.3 is 6.09 Å². The van der Waals surface area contributed by atoms with Crippen LogP contribution in [0.3, 0.4) is 0 Å². The van der Waals surface area contributed by atoms with Crippen LogP contribution in [0.2, 0.25) is 0 Å².